The number of aromatic nitrogens is 1. The lowest BCUT2D eigenvalue weighted by Crippen LogP contribution is -2.41. The van der Waals surface area contributed by atoms with Gasteiger partial charge >= 0.3 is 0 Å². The maximum absolute atomic E-state index is 12.9. The van der Waals surface area contributed by atoms with Gasteiger partial charge in [-0.05, 0) is 44.0 Å². The monoisotopic (exact) mass is 519 g/mol. The van der Waals surface area contributed by atoms with Crippen LogP contribution in [0.1, 0.15) is 18.4 Å². The average molecular weight is 520 g/mol. The third kappa shape index (κ3) is 5.38. The summed E-state index contributed by atoms with van der Waals surface area (Å²) in [5.41, 5.74) is 2.93. The summed E-state index contributed by atoms with van der Waals surface area (Å²) in [5, 5.41) is 5.27. The maximum atomic E-state index is 12.9. The van der Waals surface area contributed by atoms with Crippen molar-refractivity contribution < 1.29 is 21.6 Å². The Balaban J connectivity index is 1.36. The highest BCUT2D eigenvalue weighted by Crippen LogP contribution is 2.28. The van der Waals surface area contributed by atoms with Crippen LogP contribution in [-0.4, -0.2) is 51.4 Å². The van der Waals surface area contributed by atoms with E-state index in [1.165, 1.54) is 39.9 Å². The van der Waals surface area contributed by atoms with Gasteiger partial charge in [0.05, 0.1) is 15.5 Å². The summed E-state index contributed by atoms with van der Waals surface area (Å²) in [6.45, 7) is 2.43. The van der Waals surface area contributed by atoms with Crippen molar-refractivity contribution >= 4 is 42.2 Å². The summed E-state index contributed by atoms with van der Waals surface area (Å²) in [5.74, 6) is -0.481. The minimum atomic E-state index is -3.77. The molecule has 0 radical (unpaired) electrons. The van der Waals surface area contributed by atoms with Gasteiger partial charge in [-0.1, -0.05) is 29.8 Å². The number of nitrogens with one attached hydrogen (secondary N) is 1. The molecule has 8 nitrogen and oxygen atoms in total. The van der Waals surface area contributed by atoms with E-state index in [0.29, 0.717) is 18.0 Å². The fourth-order valence-electron chi connectivity index (χ4n) is 3.76. The largest absolute Gasteiger partial charge is 0.302 e. The third-order valence-corrected chi connectivity index (χ3v) is 9.60. The molecule has 3 aromatic rings. The Labute approximate surface area is 203 Å². The standard InChI is InChI=1S/C23H25N3O5S3/c1-16-3-5-17(6-4-16)21-15-32-23(24-21)25-22(27)18-11-13-26(14-12-18)34(30,31)20-9-7-19(8-10-20)33(2,28)29/h3-10,15,18H,11-14H2,1-2H3,(H,24,25,27). The van der Waals surface area contributed by atoms with Crippen LogP contribution in [0.4, 0.5) is 5.13 Å². The molecule has 0 saturated carbocycles. The minimum Gasteiger partial charge on any atom is -0.302 e. The Morgan fingerprint density at radius 3 is 2.15 bits per heavy atom. The van der Waals surface area contributed by atoms with Crippen molar-refractivity contribution in [3.8, 4) is 11.3 Å². The number of benzene rings is 2. The zero-order valence-electron chi connectivity index (χ0n) is 18.8. The van der Waals surface area contributed by atoms with Crippen LogP contribution in [0.5, 0.6) is 0 Å². The smallest absolute Gasteiger partial charge is 0.243 e. The van der Waals surface area contributed by atoms with Crippen molar-refractivity contribution in [1.29, 1.82) is 0 Å². The van der Waals surface area contributed by atoms with Gasteiger partial charge in [-0.15, -0.1) is 11.3 Å². The number of carbonyl (C=O) groups is 1. The van der Waals surface area contributed by atoms with Crippen LogP contribution in [-0.2, 0) is 24.7 Å². The van der Waals surface area contributed by atoms with Crippen LogP contribution >= 0.6 is 11.3 Å². The van der Waals surface area contributed by atoms with Crippen LogP contribution in [0.25, 0.3) is 11.3 Å². The Morgan fingerprint density at radius 1 is 0.971 bits per heavy atom. The molecule has 0 spiro atoms. The number of carbonyl (C=O) groups excluding carboxylic acids is 1. The van der Waals surface area contributed by atoms with Gasteiger partial charge in [0, 0.05) is 36.2 Å². The number of hydrogen-bond acceptors (Lipinski definition) is 7. The molecule has 1 aliphatic rings. The third-order valence-electron chi connectivity index (χ3n) is 5.80. The van der Waals surface area contributed by atoms with Gasteiger partial charge < -0.3 is 5.32 Å². The molecular formula is C23H25N3O5S3. The first kappa shape index (κ1) is 24.5. The van der Waals surface area contributed by atoms with Gasteiger partial charge in [-0.2, -0.15) is 4.31 Å². The second-order valence-electron chi connectivity index (χ2n) is 8.32. The highest BCUT2D eigenvalue weighted by Gasteiger charge is 2.32. The molecule has 1 N–H and O–H groups in total. The number of hydrogen-bond donors (Lipinski definition) is 1. The molecule has 2 aromatic carbocycles. The molecule has 0 atom stereocenters. The fraction of sp³-hybridized carbons (Fsp3) is 0.304. The van der Waals surface area contributed by atoms with Crippen LogP contribution in [0.3, 0.4) is 0 Å². The van der Waals surface area contributed by atoms with Gasteiger partial charge in [0.25, 0.3) is 0 Å². The van der Waals surface area contributed by atoms with E-state index in [0.717, 1.165) is 23.1 Å². The summed E-state index contributed by atoms with van der Waals surface area (Å²) in [6, 6.07) is 13.2. The SMILES string of the molecule is Cc1ccc(-c2csc(NC(=O)C3CCN(S(=O)(=O)c4ccc(S(C)(=O)=O)cc4)CC3)n2)cc1. The molecule has 11 heteroatoms. The summed E-state index contributed by atoms with van der Waals surface area (Å²) in [6.07, 6.45) is 1.85. The van der Waals surface area contributed by atoms with E-state index in [2.05, 4.69) is 10.3 Å². The highest BCUT2D eigenvalue weighted by molar-refractivity contribution is 7.90. The van der Waals surface area contributed by atoms with E-state index >= 15 is 0 Å². The first-order valence-electron chi connectivity index (χ1n) is 10.7. The molecule has 4 rings (SSSR count). The van der Waals surface area contributed by atoms with Crippen LogP contribution in [0.15, 0.2) is 63.7 Å². The number of rotatable bonds is 6. The number of thiazole rings is 1. The molecule has 0 aliphatic carbocycles. The Hall–Kier alpha value is -2.60. The van der Waals surface area contributed by atoms with Crippen molar-refractivity contribution in [1.82, 2.24) is 9.29 Å². The molecule has 1 amide bonds. The Bertz CT molecular complexity index is 1390. The summed E-state index contributed by atoms with van der Waals surface area (Å²) in [7, 11) is -7.17. The van der Waals surface area contributed by atoms with E-state index in [1.54, 1.807) is 0 Å². The van der Waals surface area contributed by atoms with Gasteiger partial charge in [-0.3, -0.25) is 4.79 Å². The fourth-order valence-corrected chi connectivity index (χ4v) is 6.58. The number of anilines is 1. The first-order chi connectivity index (χ1) is 16.0. The Kier molecular flexibility index (Phi) is 6.90. The number of nitrogens with zero attached hydrogens (tertiary/aromatic N) is 2. The second kappa shape index (κ2) is 9.57. The number of sulfone groups is 1. The predicted octanol–water partition coefficient (Wildman–Crippen LogP) is 3.56. The van der Waals surface area contributed by atoms with Crippen LogP contribution in [0.2, 0.25) is 0 Å². The molecule has 0 unspecified atom stereocenters. The first-order valence-corrected chi connectivity index (χ1v) is 14.9. The summed E-state index contributed by atoms with van der Waals surface area (Å²) >= 11 is 1.35. The van der Waals surface area contributed by atoms with E-state index in [4.69, 9.17) is 0 Å². The lowest BCUT2D eigenvalue weighted by Gasteiger charge is -2.30. The van der Waals surface area contributed by atoms with Gasteiger partial charge in [0.15, 0.2) is 15.0 Å². The van der Waals surface area contributed by atoms with Gasteiger partial charge in [0.2, 0.25) is 15.9 Å². The van der Waals surface area contributed by atoms with Gasteiger partial charge in [-0.25, -0.2) is 21.8 Å². The zero-order chi connectivity index (χ0) is 24.5. The summed E-state index contributed by atoms with van der Waals surface area (Å²) < 4.78 is 50.4. The average Bonchev–Trinajstić information content (AvgIpc) is 3.27. The van der Waals surface area contributed by atoms with E-state index < -0.39 is 19.9 Å². The van der Waals surface area contributed by atoms with Crippen molar-refractivity contribution in [2.24, 2.45) is 5.92 Å². The predicted molar refractivity (Wildman–Crippen MR) is 132 cm³/mol. The normalized spacial score (nSPS) is 15.8. The van der Waals surface area contributed by atoms with E-state index in [9.17, 15) is 21.6 Å². The van der Waals surface area contributed by atoms with Crippen molar-refractivity contribution in [3.63, 3.8) is 0 Å². The second-order valence-corrected chi connectivity index (χ2v) is 13.1. The maximum Gasteiger partial charge on any atom is 0.243 e. The molecule has 2 heterocycles. The van der Waals surface area contributed by atoms with Crippen LogP contribution < -0.4 is 5.32 Å². The molecule has 34 heavy (non-hydrogen) atoms. The number of amides is 1. The zero-order valence-corrected chi connectivity index (χ0v) is 21.2. The Morgan fingerprint density at radius 2 is 1.56 bits per heavy atom. The molecule has 0 bridgehead atoms. The highest BCUT2D eigenvalue weighted by atomic mass is 32.2. The number of sulfonamides is 1. The topological polar surface area (TPSA) is 114 Å². The van der Waals surface area contributed by atoms with Crippen molar-refractivity contribution in [2.75, 3.05) is 24.7 Å². The molecule has 1 aliphatic heterocycles. The van der Waals surface area contributed by atoms with E-state index in [1.807, 2.05) is 36.6 Å². The molecule has 1 saturated heterocycles. The lowest BCUT2D eigenvalue weighted by molar-refractivity contribution is -0.120. The summed E-state index contributed by atoms with van der Waals surface area (Å²) in [4.78, 5) is 17.3. The van der Waals surface area contributed by atoms with Crippen molar-refractivity contribution in [2.45, 2.75) is 29.6 Å². The number of piperidine rings is 1. The minimum absolute atomic E-state index is 0.0363. The molecule has 180 valence electrons. The molecular weight excluding hydrogens is 494 g/mol. The van der Waals surface area contributed by atoms with E-state index in [-0.39, 0.29) is 34.7 Å². The van der Waals surface area contributed by atoms with Gasteiger partial charge in [0.1, 0.15) is 0 Å². The lowest BCUT2D eigenvalue weighted by atomic mass is 9.97. The quantitative estimate of drug-likeness (QED) is 0.533. The molecule has 1 aromatic heterocycles. The number of aryl methyl sites for hydroxylation is 1. The van der Waals surface area contributed by atoms with Crippen molar-refractivity contribution in [3.05, 3.63) is 59.5 Å². The molecule has 1 fully saturated rings. The van der Waals surface area contributed by atoms with Crippen LogP contribution in [0, 0.1) is 12.8 Å².